The lowest BCUT2D eigenvalue weighted by Crippen LogP contribution is -2.64. The Hall–Kier alpha value is -1.20. The van der Waals surface area contributed by atoms with Gasteiger partial charge in [0.05, 0.1) is 18.3 Å². The number of nitrogens with zero attached hydrogens (tertiary/aromatic N) is 1. The first-order valence-electron chi connectivity index (χ1n) is 14.4. The van der Waals surface area contributed by atoms with E-state index in [1.807, 2.05) is 0 Å². The molecule has 6 rings (SSSR count). The number of allylic oxidation sites excluding steroid dienone is 1. The third-order valence-electron chi connectivity index (χ3n) is 11.6. The van der Waals surface area contributed by atoms with Crippen LogP contribution in [-0.2, 0) is 10.3 Å². The second kappa shape index (κ2) is 8.68. The molecule has 0 amide bonds. The van der Waals surface area contributed by atoms with Gasteiger partial charge in [0.25, 0.3) is 0 Å². The van der Waals surface area contributed by atoms with Gasteiger partial charge in [-0.1, -0.05) is 55.8 Å². The van der Waals surface area contributed by atoms with Gasteiger partial charge in [-0.3, -0.25) is 0 Å². The Morgan fingerprint density at radius 2 is 1.71 bits per heavy atom. The molecule has 1 saturated heterocycles. The Labute approximate surface area is 211 Å². The zero-order valence-electron chi connectivity index (χ0n) is 21.8. The third-order valence-corrected chi connectivity index (χ3v) is 11.6. The highest BCUT2D eigenvalue weighted by Gasteiger charge is 2.72. The van der Waals surface area contributed by atoms with Crippen molar-refractivity contribution in [1.82, 2.24) is 4.90 Å². The van der Waals surface area contributed by atoms with E-state index >= 15 is 0 Å². The maximum absolute atomic E-state index is 12.8. The van der Waals surface area contributed by atoms with E-state index < -0.39 is 11.2 Å². The first kappa shape index (κ1) is 24.2. The van der Waals surface area contributed by atoms with Crippen molar-refractivity contribution < 1.29 is 14.9 Å². The predicted octanol–water partition coefficient (Wildman–Crippen LogP) is 5.43. The summed E-state index contributed by atoms with van der Waals surface area (Å²) in [5.74, 6) is 0.788. The van der Waals surface area contributed by atoms with Crippen molar-refractivity contribution in [1.29, 1.82) is 0 Å². The Morgan fingerprint density at radius 1 is 0.943 bits per heavy atom. The van der Waals surface area contributed by atoms with Crippen LogP contribution in [-0.4, -0.2) is 53.1 Å². The summed E-state index contributed by atoms with van der Waals surface area (Å²) in [4.78, 5) is 2.53. The van der Waals surface area contributed by atoms with Crippen LogP contribution in [0.2, 0.25) is 0 Å². The van der Waals surface area contributed by atoms with Gasteiger partial charge in [0, 0.05) is 12.0 Å². The van der Waals surface area contributed by atoms with E-state index in [9.17, 15) is 10.2 Å². The fourth-order valence-corrected chi connectivity index (χ4v) is 9.52. The Balaban J connectivity index is 1.34. The number of likely N-dealkylation sites (tertiary alicyclic amines) is 1. The van der Waals surface area contributed by atoms with Crippen molar-refractivity contribution in [2.75, 3.05) is 26.2 Å². The fourth-order valence-electron chi connectivity index (χ4n) is 9.52. The van der Waals surface area contributed by atoms with Gasteiger partial charge in [-0.15, -0.1) is 0 Å². The molecule has 4 aliphatic carbocycles. The molecule has 4 fully saturated rings. The molecular formula is C31H45NO3. The summed E-state index contributed by atoms with van der Waals surface area (Å²) < 4.78 is 7.06. The third kappa shape index (κ3) is 3.46. The number of rotatable bonds is 5. The molecule has 7 atom stereocenters. The highest BCUT2D eigenvalue weighted by molar-refractivity contribution is 5.35. The van der Waals surface area contributed by atoms with E-state index in [-0.39, 0.29) is 16.9 Å². The van der Waals surface area contributed by atoms with Crippen LogP contribution >= 0.6 is 0 Å². The van der Waals surface area contributed by atoms with Gasteiger partial charge in [-0.25, -0.2) is 0 Å². The molecule has 5 aliphatic rings. The summed E-state index contributed by atoms with van der Waals surface area (Å²) in [6.45, 7) is 8.89. The van der Waals surface area contributed by atoms with E-state index in [0.29, 0.717) is 11.8 Å². The molecule has 0 bridgehead atoms. The number of fused-ring (bicyclic) bond motifs is 5. The first-order valence-corrected chi connectivity index (χ1v) is 14.4. The van der Waals surface area contributed by atoms with Gasteiger partial charge in [-0.2, -0.15) is 0 Å². The lowest BCUT2D eigenvalue weighted by molar-refractivity contribution is -0.235. The first-order chi connectivity index (χ1) is 16.8. The minimum Gasteiger partial charge on any atom is -0.389 e. The molecule has 35 heavy (non-hydrogen) atoms. The second-order valence-electron chi connectivity index (χ2n) is 12.9. The summed E-state index contributed by atoms with van der Waals surface area (Å²) in [7, 11) is 0. The lowest BCUT2D eigenvalue weighted by Gasteiger charge is -2.63. The molecule has 1 aliphatic heterocycles. The normalized spacial score (nSPS) is 45.5. The summed E-state index contributed by atoms with van der Waals surface area (Å²) in [5, 5.41) is 23.1. The Bertz CT molecular complexity index is 957. The maximum Gasteiger partial charge on any atom is 0.101 e. The predicted molar refractivity (Wildman–Crippen MR) is 139 cm³/mol. The lowest BCUT2D eigenvalue weighted by atomic mass is 9.44. The van der Waals surface area contributed by atoms with Crippen LogP contribution in [0.1, 0.15) is 83.6 Å². The second-order valence-corrected chi connectivity index (χ2v) is 12.9. The SMILES string of the molecule is C[C@]12CC[C@H]3[C@@H](CCC4=C[C@@H](O)CC[C@@]43C)[C@@]1(O)CC[C@]2(OCCN1CCCC1)c1ccccc1. The van der Waals surface area contributed by atoms with E-state index in [1.54, 1.807) is 0 Å². The van der Waals surface area contributed by atoms with Crippen LogP contribution in [0.4, 0.5) is 0 Å². The Morgan fingerprint density at radius 3 is 2.49 bits per heavy atom. The number of hydrogen-bond donors (Lipinski definition) is 2. The molecular weight excluding hydrogens is 434 g/mol. The zero-order chi connectivity index (χ0) is 24.3. The van der Waals surface area contributed by atoms with Crippen molar-refractivity contribution in [3.63, 3.8) is 0 Å². The maximum atomic E-state index is 12.8. The quantitative estimate of drug-likeness (QED) is 0.553. The summed E-state index contributed by atoms with van der Waals surface area (Å²) in [5.41, 5.74) is 1.37. The molecule has 0 spiro atoms. The number of aliphatic hydroxyl groups excluding tert-OH is 1. The number of aliphatic hydroxyl groups is 2. The van der Waals surface area contributed by atoms with Gasteiger partial charge in [0.1, 0.15) is 5.60 Å². The summed E-state index contributed by atoms with van der Waals surface area (Å²) in [6, 6.07) is 10.8. The minimum absolute atomic E-state index is 0.119. The molecule has 4 heteroatoms. The monoisotopic (exact) mass is 479 g/mol. The molecule has 3 saturated carbocycles. The molecule has 0 unspecified atom stereocenters. The standard InChI is InChI=1S/C31H45NO3/c1-28-14-12-25(33)22-24(28)10-11-27-26(28)13-15-29(2)30(27,34)16-17-31(29,23-8-4-3-5-9-23)35-21-20-32-18-6-7-19-32/h3-5,8-9,22,25-27,33-34H,6-7,10-21H2,1-2H3/t25-,26-,27+,28-,29-,30-,31-/m0/s1. The van der Waals surface area contributed by atoms with Crippen molar-refractivity contribution in [2.24, 2.45) is 22.7 Å². The highest BCUT2D eigenvalue weighted by Crippen LogP contribution is 2.72. The number of ether oxygens (including phenoxy) is 1. The van der Waals surface area contributed by atoms with Crippen molar-refractivity contribution in [3.05, 3.63) is 47.5 Å². The van der Waals surface area contributed by atoms with Crippen molar-refractivity contribution in [3.8, 4) is 0 Å². The smallest absolute Gasteiger partial charge is 0.101 e. The average molecular weight is 480 g/mol. The van der Waals surface area contributed by atoms with Gasteiger partial charge in [0.2, 0.25) is 0 Å². The molecule has 192 valence electrons. The molecule has 0 aromatic heterocycles. The number of hydrogen-bond acceptors (Lipinski definition) is 4. The average Bonchev–Trinajstić information content (AvgIpc) is 3.46. The summed E-state index contributed by atoms with van der Waals surface area (Å²) >= 11 is 0. The van der Waals surface area contributed by atoms with Crippen LogP contribution < -0.4 is 0 Å². The molecule has 0 radical (unpaired) electrons. The molecule has 4 nitrogen and oxygen atoms in total. The zero-order valence-corrected chi connectivity index (χ0v) is 21.8. The van der Waals surface area contributed by atoms with Gasteiger partial charge in [-0.05, 0) is 100 Å². The van der Waals surface area contributed by atoms with E-state index in [0.717, 1.165) is 64.5 Å². The van der Waals surface area contributed by atoms with Crippen LogP contribution in [0.5, 0.6) is 0 Å². The summed E-state index contributed by atoms with van der Waals surface area (Å²) in [6.07, 6.45) is 12.3. The molecule has 1 heterocycles. The topological polar surface area (TPSA) is 52.9 Å². The highest BCUT2D eigenvalue weighted by atomic mass is 16.5. The van der Waals surface area contributed by atoms with Gasteiger partial charge in [0.15, 0.2) is 0 Å². The van der Waals surface area contributed by atoms with E-state index in [2.05, 4.69) is 55.2 Å². The largest absolute Gasteiger partial charge is 0.389 e. The van der Waals surface area contributed by atoms with Gasteiger partial charge >= 0.3 is 0 Å². The van der Waals surface area contributed by atoms with Crippen LogP contribution in [0.25, 0.3) is 0 Å². The van der Waals surface area contributed by atoms with Crippen molar-refractivity contribution in [2.45, 2.75) is 95.4 Å². The van der Waals surface area contributed by atoms with Crippen LogP contribution in [0.15, 0.2) is 42.0 Å². The molecule has 2 N–H and O–H groups in total. The fraction of sp³-hybridized carbons (Fsp3) is 0.742. The van der Waals surface area contributed by atoms with E-state index in [4.69, 9.17) is 4.74 Å². The van der Waals surface area contributed by atoms with E-state index in [1.165, 1.54) is 37.1 Å². The van der Waals surface area contributed by atoms with Crippen LogP contribution in [0, 0.1) is 22.7 Å². The Kier molecular flexibility index (Phi) is 5.99. The minimum atomic E-state index is -0.718. The van der Waals surface area contributed by atoms with Gasteiger partial charge < -0.3 is 19.8 Å². The molecule has 1 aromatic rings. The number of benzene rings is 1. The van der Waals surface area contributed by atoms with Crippen LogP contribution in [0.3, 0.4) is 0 Å². The molecule has 1 aromatic carbocycles. The van der Waals surface area contributed by atoms with Crippen molar-refractivity contribution >= 4 is 0 Å².